The van der Waals surface area contributed by atoms with Gasteiger partial charge in [-0.3, -0.25) is 0 Å². The molecule has 0 heteroatoms. The van der Waals surface area contributed by atoms with E-state index in [0.29, 0.717) is 10.8 Å². The molecule has 0 amide bonds. The van der Waals surface area contributed by atoms with Crippen molar-refractivity contribution >= 4 is 0 Å². The maximum Gasteiger partial charge on any atom is -0.00261 e. The highest BCUT2D eigenvalue weighted by atomic mass is 14.7. The Labute approximate surface area is 94.1 Å². The molecule has 15 heavy (non-hydrogen) atoms. The summed E-state index contributed by atoms with van der Waals surface area (Å²) in [6, 6.07) is 0. The normalized spacial score (nSPS) is 52.5. The van der Waals surface area contributed by atoms with Gasteiger partial charge in [0.2, 0.25) is 0 Å². The minimum absolute atomic E-state index is 0.560. The number of hydrogen-bond acceptors (Lipinski definition) is 0. The Morgan fingerprint density at radius 1 is 1.20 bits per heavy atom. The summed E-state index contributed by atoms with van der Waals surface area (Å²) in [4.78, 5) is 0. The minimum atomic E-state index is 0.560. The average molecular weight is 204 g/mol. The van der Waals surface area contributed by atoms with Gasteiger partial charge in [-0.05, 0) is 54.3 Å². The molecule has 2 fully saturated rings. The van der Waals surface area contributed by atoms with E-state index in [2.05, 4.69) is 33.8 Å². The molecule has 84 valence electrons. The molecule has 2 saturated carbocycles. The van der Waals surface area contributed by atoms with E-state index >= 15 is 0 Å². The summed E-state index contributed by atoms with van der Waals surface area (Å²) in [5, 5.41) is 0. The van der Waals surface area contributed by atoms with Crippen LogP contribution in [0.3, 0.4) is 0 Å². The number of fused-ring (bicyclic) bond motifs is 5. The summed E-state index contributed by atoms with van der Waals surface area (Å²) in [5.41, 5.74) is 2.97. The van der Waals surface area contributed by atoms with E-state index < -0.39 is 0 Å². The van der Waals surface area contributed by atoms with Gasteiger partial charge >= 0.3 is 0 Å². The molecule has 0 saturated heterocycles. The van der Waals surface area contributed by atoms with Crippen LogP contribution in [0.4, 0.5) is 0 Å². The van der Waals surface area contributed by atoms with E-state index in [1.54, 1.807) is 5.57 Å². The molecule has 3 rings (SSSR count). The molecule has 3 aliphatic rings. The van der Waals surface area contributed by atoms with Crippen molar-refractivity contribution in [1.82, 2.24) is 0 Å². The van der Waals surface area contributed by atoms with E-state index in [0.717, 1.165) is 17.8 Å². The average Bonchev–Trinajstić information content (AvgIpc) is 2.75. The number of rotatable bonds is 1. The van der Waals surface area contributed by atoms with Gasteiger partial charge in [-0.1, -0.05) is 39.3 Å². The Hall–Kier alpha value is -0.260. The molecule has 0 unspecified atom stereocenters. The zero-order chi connectivity index (χ0) is 10.8. The van der Waals surface area contributed by atoms with E-state index in [1.165, 1.54) is 25.7 Å². The van der Waals surface area contributed by atoms with Crippen LogP contribution in [-0.2, 0) is 0 Å². The van der Waals surface area contributed by atoms with Gasteiger partial charge in [-0.25, -0.2) is 0 Å². The van der Waals surface area contributed by atoms with Crippen molar-refractivity contribution in [2.24, 2.45) is 28.6 Å². The molecule has 0 radical (unpaired) electrons. The smallest absolute Gasteiger partial charge is 0.00261 e. The lowest BCUT2D eigenvalue weighted by atomic mass is 9.56. The third kappa shape index (κ3) is 0.905. The van der Waals surface area contributed by atoms with E-state index in [4.69, 9.17) is 0 Å². The van der Waals surface area contributed by atoms with Crippen molar-refractivity contribution < 1.29 is 0 Å². The SMILES string of the molecule is CC(C)C1=CC[C@@]2(C)[C@@H]3CC[C@@H](C3)[C@@]12C. The number of hydrogen-bond donors (Lipinski definition) is 0. The predicted molar refractivity (Wildman–Crippen MR) is 64.6 cm³/mol. The fourth-order valence-electron chi connectivity index (χ4n) is 5.29. The molecule has 0 aliphatic heterocycles. The second kappa shape index (κ2) is 2.70. The van der Waals surface area contributed by atoms with Gasteiger partial charge in [0.15, 0.2) is 0 Å². The molecule has 0 nitrogen and oxygen atoms in total. The van der Waals surface area contributed by atoms with Crippen molar-refractivity contribution in [1.29, 1.82) is 0 Å². The summed E-state index contributed by atoms with van der Waals surface area (Å²) in [7, 11) is 0. The fraction of sp³-hybridized carbons (Fsp3) is 0.867. The quantitative estimate of drug-likeness (QED) is 0.555. The van der Waals surface area contributed by atoms with Crippen molar-refractivity contribution in [3.05, 3.63) is 11.6 Å². The molecule has 0 aromatic heterocycles. The maximum atomic E-state index is 2.59. The Morgan fingerprint density at radius 3 is 2.53 bits per heavy atom. The summed E-state index contributed by atoms with van der Waals surface area (Å²) in [5.74, 6) is 2.79. The summed E-state index contributed by atoms with van der Waals surface area (Å²) in [6.45, 7) is 9.92. The monoisotopic (exact) mass is 204 g/mol. The van der Waals surface area contributed by atoms with Gasteiger partial charge in [0.05, 0.1) is 0 Å². The molecule has 0 heterocycles. The van der Waals surface area contributed by atoms with Gasteiger partial charge in [0, 0.05) is 0 Å². The van der Waals surface area contributed by atoms with Gasteiger partial charge in [0.25, 0.3) is 0 Å². The van der Waals surface area contributed by atoms with Gasteiger partial charge in [-0.15, -0.1) is 0 Å². The lowest BCUT2D eigenvalue weighted by Crippen LogP contribution is -2.41. The lowest BCUT2D eigenvalue weighted by Gasteiger charge is -2.48. The highest BCUT2D eigenvalue weighted by molar-refractivity contribution is 5.33. The molecule has 0 aromatic rings. The second-order valence-electron chi connectivity index (χ2n) is 6.85. The van der Waals surface area contributed by atoms with Gasteiger partial charge < -0.3 is 0 Å². The van der Waals surface area contributed by atoms with Crippen LogP contribution in [0, 0.1) is 28.6 Å². The highest BCUT2D eigenvalue weighted by Gasteiger charge is 2.65. The molecule has 0 N–H and O–H groups in total. The minimum Gasteiger partial charge on any atom is -0.0839 e. The van der Waals surface area contributed by atoms with Crippen LogP contribution >= 0.6 is 0 Å². The first-order chi connectivity index (χ1) is 7.00. The first kappa shape index (κ1) is 9.93. The molecule has 0 spiro atoms. The van der Waals surface area contributed by atoms with Crippen molar-refractivity contribution in [2.45, 2.75) is 53.4 Å². The van der Waals surface area contributed by atoms with Crippen LogP contribution in [0.1, 0.15) is 53.4 Å². The summed E-state index contributed by atoms with van der Waals surface area (Å²) in [6.07, 6.45) is 8.49. The fourth-order valence-corrected chi connectivity index (χ4v) is 5.29. The summed E-state index contributed by atoms with van der Waals surface area (Å²) < 4.78 is 0. The molecule has 0 aromatic carbocycles. The van der Waals surface area contributed by atoms with Gasteiger partial charge in [0.1, 0.15) is 0 Å². The van der Waals surface area contributed by atoms with E-state index in [9.17, 15) is 0 Å². The molecular weight excluding hydrogens is 180 g/mol. The Balaban J connectivity index is 2.07. The zero-order valence-corrected chi connectivity index (χ0v) is 10.6. The van der Waals surface area contributed by atoms with Crippen molar-refractivity contribution in [3.63, 3.8) is 0 Å². The summed E-state index contributed by atoms with van der Waals surface area (Å²) >= 11 is 0. The van der Waals surface area contributed by atoms with Crippen LogP contribution in [0.25, 0.3) is 0 Å². The largest absolute Gasteiger partial charge is 0.0839 e. The predicted octanol–water partition coefficient (Wildman–Crippen LogP) is 4.42. The zero-order valence-electron chi connectivity index (χ0n) is 10.6. The van der Waals surface area contributed by atoms with Crippen LogP contribution in [0.2, 0.25) is 0 Å². The van der Waals surface area contributed by atoms with E-state index in [1.807, 2.05) is 0 Å². The van der Waals surface area contributed by atoms with Gasteiger partial charge in [-0.2, -0.15) is 0 Å². The lowest BCUT2D eigenvalue weighted by molar-refractivity contribution is 0.0509. The Bertz CT molecular complexity index is 325. The van der Waals surface area contributed by atoms with E-state index in [-0.39, 0.29) is 0 Å². The first-order valence-electron chi connectivity index (χ1n) is 6.70. The van der Waals surface area contributed by atoms with Crippen LogP contribution in [-0.4, -0.2) is 0 Å². The second-order valence-corrected chi connectivity index (χ2v) is 6.85. The van der Waals surface area contributed by atoms with Crippen LogP contribution < -0.4 is 0 Å². The van der Waals surface area contributed by atoms with Crippen molar-refractivity contribution in [2.75, 3.05) is 0 Å². The van der Waals surface area contributed by atoms with Crippen LogP contribution in [0.5, 0.6) is 0 Å². The molecule has 3 aliphatic carbocycles. The van der Waals surface area contributed by atoms with Crippen LogP contribution in [0.15, 0.2) is 11.6 Å². The third-order valence-corrected chi connectivity index (χ3v) is 6.30. The molecular formula is C15H24. The molecule has 2 bridgehead atoms. The Kier molecular flexibility index (Phi) is 1.79. The molecule has 4 atom stereocenters. The Morgan fingerprint density at radius 2 is 1.87 bits per heavy atom. The third-order valence-electron chi connectivity index (χ3n) is 6.30. The highest BCUT2D eigenvalue weighted by Crippen LogP contribution is 2.73. The van der Waals surface area contributed by atoms with Crippen molar-refractivity contribution in [3.8, 4) is 0 Å². The maximum absolute atomic E-state index is 2.59. The first-order valence-corrected chi connectivity index (χ1v) is 6.70. The number of allylic oxidation sites excluding steroid dienone is 2. The topological polar surface area (TPSA) is 0 Å². The standard InChI is InChI=1S/C15H24/c1-10(2)13-7-8-14(3)11-5-6-12(9-11)15(13,14)4/h7,10-12H,5-6,8-9H2,1-4H3/t11-,12+,14+,15+/m1/s1.